The molecule has 0 saturated carbocycles. The second-order valence-electron chi connectivity index (χ2n) is 3.97. The summed E-state index contributed by atoms with van der Waals surface area (Å²) in [6.45, 7) is 0. The van der Waals surface area contributed by atoms with Crippen molar-refractivity contribution in [3.63, 3.8) is 0 Å². The SMILES string of the molecule is COc1cc(-c2ccccc2[N+](=O)[O-])c(C=O)cc1Br. The van der Waals surface area contributed by atoms with Gasteiger partial charge in [0.15, 0.2) is 6.29 Å². The highest BCUT2D eigenvalue weighted by Gasteiger charge is 2.18. The fourth-order valence-corrected chi connectivity index (χ4v) is 2.44. The summed E-state index contributed by atoms with van der Waals surface area (Å²) < 4.78 is 5.79. The number of carbonyl (C=O) groups excluding carboxylic acids is 1. The van der Waals surface area contributed by atoms with Gasteiger partial charge in [0, 0.05) is 17.2 Å². The summed E-state index contributed by atoms with van der Waals surface area (Å²) in [7, 11) is 1.49. The van der Waals surface area contributed by atoms with E-state index in [-0.39, 0.29) is 5.69 Å². The maximum atomic E-state index is 11.2. The summed E-state index contributed by atoms with van der Waals surface area (Å²) in [5, 5.41) is 11.1. The Morgan fingerprint density at radius 2 is 1.95 bits per heavy atom. The van der Waals surface area contributed by atoms with Crippen molar-refractivity contribution in [1.82, 2.24) is 0 Å². The maximum Gasteiger partial charge on any atom is 0.277 e. The molecule has 0 amide bonds. The Morgan fingerprint density at radius 3 is 2.55 bits per heavy atom. The first kappa shape index (κ1) is 14.2. The number of nitro benzene ring substituents is 1. The van der Waals surface area contributed by atoms with E-state index in [9.17, 15) is 14.9 Å². The minimum Gasteiger partial charge on any atom is -0.496 e. The van der Waals surface area contributed by atoms with E-state index in [4.69, 9.17) is 4.74 Å². The summed E-state index contributed by atoms with van der Waals surface area (Å²) >= 11 is 3.28. The molecule has 0 heterocycles. The molecule has 0 bridgehead atoms. The number of hydrogen-bond donors (Lipinski definition) is 0. The number of halogens is 1. The van der Waals surface area contributed by atoms with Crippen LogP contribution in [0.1, 0.15) is 10.4 Å². The van der Waals surface area contributed by atoms with Crippen LogP contribution in [0.15, 0.2) is 40.9 Å². The first-order valence-electron chi connectivity index (χ1n) is 5.65. The van der Waals surface area contributed by atoms with Gasteiger partial charge < -0.3 is 4.74 Å². The molecular formula is C14H10BrNO4. The lowest BCUT2D eigenvalue weighted by molar-refractivity contribution is -0.384. The zero-order valence-corrected chi connectivity index (χ0v) is 12.1. The van der Waals surface area contributed by atoms with Crippen molar-refractivity contribution in [2.45, 2.75) is 0 Å². The van der Waals surface area contributed by atoms with Gasteiger partial charge >= 0.3 is 0 Å². The lowest BCUT2D eigenvalue weighted by Crippen LogP contribution is -1.96. The zero-order valence-electron chi connectivity index (χ0n) is 10.5. The van der Waals surface area contributed by atoms with Gasteiger partial charge in [0.2, 0.25) is 0 Å². The normalized spacial score (nSPS) is 10.1. The quantitative estimate of drug-likeness (QED) is 0.483. The number of rotatable bonds is 4. The number of aldehydes is 1. The van der Waals surface area contributed by atoms with Gasteiger partial charge in [-0.05, 0) is 34.1 Å². The van der Waals surface area contributed by atoms with E-state index in [1.165, 1.54) is 13.2 Å². The molecule has 0 atom stereocenters. The van der Waals surface area contributed by atoms with E-state index < -0.39 is 4.92 Å². The molecule has 5 nitrogen and oxygen atoms in total. The predicted octanol–water partition coefficient (Wildman–Crippen LogP) is 3.85. The average molecular weight is 336 g/mol. The highest BCUT2D eigenvalue weighted by atomic mass is 79.9. The maximum absolute atomic E-state index is 11.2. The molecule has 2 rings (SSSR count). The van der Waals surface area contributed by atoms with Gasteiger partial charge in [-0.15, -0.1) is 0 Å². The largest absolute Gasteiger partial charge is 0.496 e. The van der Waals surface area contributed by atoms with E-state index in [0.29, 0.717) is 33.2 Å². The van der Waals surface area contributed by atoms with Gasteiger partial charge in [-0.1, -0.05) is 12.1 Å². The van der Waals surface area contributed by atoms with E-state index in [1.54, 1.807) is 30.3 Å². The van der Waals surface area contributed by atoms with Crippen LogP contribution >= 0.6 is 15.9 Å². The van der Waals surface area contributed by atoms with Crippen LogP contribution in [0, 0.1) is 10.1 Å². The third-order valence-corrected chi connectivity index (χ3v) is 3.46. The van der Waals surface area contributed by atoms with Gasteiger partial charge in [0.25, 0.3) is 5.69 Å². The number of carbonyl (C=O) groups is 1. The van der Waals surface area contributed by atoms with Gasteiger partial charge in [-0.2, -0.15) is 0 Å². The molecule has 0 spiro atoms. The molecular weight excluding hydrogens is 326 g/mol. The summed E-state index contributed by atoms with van der Waals surface area (Å²) in [6.07, 6.45) is 0.663. The Morgan fingerprint density at radius 1 is 1.25 bits per heavy atom. The topological polar surface area (TPSA) is 69.4 Å². The minimum absolute atomic E-state index is 0.0556. The molecule has 6 heteroatoms. The fourth-order valence-electron chi connectivity index (χ4n) is 1.92. The van der Waals surface area contributed by atoms with E-state index >= 15 is 0 Å². The number of nitrogens with zero attached hydrogens (tertiary/aromatic N) is 1. The van der Waals surface area contributed by atoms with Crippen molar-refractivity contribution in [2.75, 3.05) is 7.11 Å². The Kier molecular flexibility index (Phi) is 4.14. The van der Waals surface area contributed by atoms with E-state index in [1.807, 2.05) is 0 Å². The summed E-state index contributed by atoms with van der Waals surface area (Å²) in [6, 6.07) is 9.46. The second kappa shape index (κ2) is 5.83. The third-order valence-electron chi connectivity index (χ3n) is 2.84. The lowest BCUT2D eigenvalue weighted by Gasteiger charge is -2.10. The predicted molar refractivity (Wildman–Crippen MR) is 78.2 cm³/mol. The average Bonchev–Trinajstić information content (AvgIpc) is 2.46. The van der Waals surface area contributed by atoms with Crippen molar-refractivity contribution in [3.05, 3.63) is 56.5 Å². The van der Waals surface area contributed by atoms with E-state index in [0.717, 1.165) is 0 Å². The molecule has 0 saturated heterocycles. The van der Waals surface area contributed by atoms with Crippen LogP contribution in [0.5, 0.6) is 5.75 Å². The van der Waals surface area contributed by atoms with Crippen LogP contribution in [0.25, 0.3) is 11.1 Å². The van der Waals surface area contributed by atoms with Gasteiger partial charge in [0.1, 0.15) is 5.75 Å². The Hall–Kier alpha value is -2.21. The highest BCUT2D eigenvalue weighted by Crippen LogP contribution is 2.37. The molecule has 0 aliphatic rings. The number of benzene rings is 2. The monoisotopic (exact) mass is 335 g/mol. The number of para-hydroxylation sites is 1. The van der Waals surface area contributed by atoms with Crippen LogP contribution in [0.2, 0.25) is 0 Å². The summed E-state index contributed by atoms with van der Waals surface area (Å²) in [4.78, 5) is 21.8. The van der Waals surface area contributed by atoms with Crippen LogP contribution in [0.4, 0.5) is 5.69 Å². The molecule has 0 aromatic heterocycles. The molecule has 2 aromatic carbocycles. The lowest BCUT2D eigenvalue weighted by atomic mass is 9.98. The van der Waals surface area contributed by atoms with E-state index in [2.05, 4.69) is 15.9 Å². The molecule has 0 aliphatic carbocycles. The van der Waals surface area contributed by atoms with Crippen molar-refractivity contribution >= 4 is 27.9 Å². The number of ether oxygens (including phenoxy) is 1. The smallest absolute Gasteiger partial charge is 0.277 e. The summed E-state index contributed by atoms with van der Waals surface area (Å²) in [5.74, 6) is 0.503. The van der Waals surface area contributed by atoms with Gasteiger partial charge in [-0.25, -0.2) is 0 Å². The molecule has 2 aromatic rings. The molecule has 0 unspecified atom stereocenters. The van der Waals surface area contributed by atoms with Crippen molar-refractivity contribution in [2.24, 2.45) is 0 Å². The zero-order chi connectivity index (χ0) is 14.7. The third kappa shape index (κ3) is 2.55. The van der Waals surface area contributed by atoms with Gasteiger partial charge in [-0.3, -0.25) is 14.9 Å². The summed E-state index contributed by atoms with van der Waals surface area (Å²) in [5.41, 5.74) is 1.14. The Labute approximate surface area is 123 Å². The first-order chi connectivity index (χ1) is 9.58. The van der Waals surface area contributed by atoms with Crippen LogP contribution in [0.3, 0.4) is 0 Å². The van der Waals surface area contributed by atoms with Crippen molar-refractivity contribution < 1.29 is 14.5 Å². The number of methoxy groups -OCH3 is 1. The van der Waals surface area contributed by atoms with Gasteiger partial charge in [0.05, 0.1) is 22.1 Å². The van der Waals surface area contributed by atoms with Crippen molar-refractivity contribution in [3.8, 4) is 16.9 Å². The molecule has 102 valence electrons. The Bertz CT molecular complexity index is 685. The second-order valence-corrected chi connectivity index (χ2v) is 4.82. The standard InChI is InChI=1S/C14H10BrNO4/c1-20-14-7-11(9(8-17)6-12(14)15)10-4-2-3-5-13(10)16(18)19/h2-8H,1H3. The van der Waals surface area contributed by atoms with Crippen LogP contribution < -0.4 is 4.74 Å². The van der Waals surface area contributed by atoms with Crippen molar-refractivity contribution in [1.29, 1.82) is 0 Å². The molecule has 0 aliphatic heterocycles. The van der Waals surface area contributed by atoms with Crippen LogP contribution in [-0.4, -0.2) is 18.3 Å². The molecule has 20 heavy (non-hydrogen) atoms. The first-order valence-corrected chi connectivity index (χ1v) is 6.44. The Balaban J connectivity index is 2.75. The highest BCUT2D eigenvalue weighted by molar-refractivity contribution is 9.10. The molecule has 0 N–H and O–H groups in total. The molecule has 0 fully saturated rings. The van der Waals surface area contributed by atoms with Crippen LogP contribution in [-0.2, 0) is 0 Å². The molecule has 0 radical (unpaired) electrons. The minimum atomic E-state index is -0.474. The number of hydrogen-bond acceptors (Lipinski definition) is 4. The fraction of sp³-hybridized carbons (Fsp3) is 0.0714. The number of nitro groups is 1.